The zero-order valence-corrected chi connectivity index (χ0v) is 13.9. The number of pyridine rings is 1. The SMILES string of the molecule is COc1cc(Oc2ccc(Nc3nccnc3Cl)cn2)ccc1C. The average Bonchev–Trinajstić information content (AvgIpc) is 2.60. The maximum atomic E-state index is 5.96. The van der Waals surface area contributed by atoms with E-state index in [1.54, 1.807) is 25.6 Å². The fraction of sp³-hybridized carbons (Fsp3) is 0.118. The van der Waals surface area contributed by atoms with E-state index in [4.69, 9.17) is 21.1 Å². The third-order valence-corrected chi connectivity index (χ3v) is 3.53. The summed E-state index contributed by atoms with van der Waals surface area (Å²) in [6.07, 6.45) is 4.72. The van der Waals surface area contributed by atoms with E-state index in [1.807, 2.05) is 31.2 Å². The van der Waals surface area contributed by atoms with E-state index in [0.29, 0.717) is 22.6 Å². The Kier molecular flexibility index (Phi) is 4.77. The molecule has 3 rings (SSSR count). The molecule has 0 atom stereocenters. The van der Waals surface area contributed by atoms with Crippen LogP contribution in [0.25, 0.3) is 0 Å². The quantitative estimate of drug-likeness (QED) is 0.742. The van der Waals surface area contributed by atoms with Gasteiger partial charge in [-0.15, -0.1) is 0 Å². The number of hydrogen-bond acceptors (Lipinski definition) is 6. The van der Waals surface area contributed by atoms with Gasteiger partial charge in [0.25, 0.3) is 0 Å². The van der Waals surface area contributed by atoms with Crippen LogP contribution in [0, 0.1) is 6.92 Å². The van der Waals surface area contributed by atoms with Crippen LogP contribution in [0.15, 0.2) is 48.9 Å². The fourth-order valence-electron chi connectivity index (χ4n) is 2.04. The predicted molar refractivity (Wildman–Crippen MR) is 92.4 cm³/mol. The van der Waals surface area contributed by atoms with Gasteiger partial charge in [0.1, 0.15) is 11.5 Å². The average molecular weight is 343 g/mol. The van der Waals surface area contributed by atoms with Gasteiger partial charge in [0.05, 0.1) is 19.0 Å². The summed E-state index contributed by atoms with van der Waals surface area (Å²) in [5.74, 6) is 2.36. The van der Waals surface area contributed by atoms with Crippen molar-refractivity contribution in [1.29, 1.82) is 0 Å². The molecule has 0 saturated heterocycles. The Morgan fingerprint density at radius 3 is 2.58 bits per heavy atom. The molecule has 122 valence electrons. The lowest BCUT2D eigenvalue weighted by Gasteiger charge is -2.10. The van der Waals surface area contributed by atoms with Crippen LogP contribution in [-0.2, 0) is 0 Å². The highest BCUT2D eigenvalue weighted by Crippen LogP contribution is 2.28. The number of ether oxygens (including phenoxy) is 2. The molecule has 0 aliphatic carbocycles. The number of aromatic nitrogens is 3. The number of benzene rings is 1. The van der Waals surface area contributed by atoms with Crippen molar-refractivity contribution in [3.63, 3.8) is 0 Å². The van der Waals surface area contributed by atoms with E-state index in [1.165, 1.54) is 6.20 Å². The van der Waals surface area contributed by atoms with Gasteiger partial charge >= 0.3 is 0 Å². The zero-order chi connectivity index (χ0) is 16.9. The van der Waals surface area contributed by atoms with Crippen LogP contribution in [0.4, 0.5) is 11.5 Å². The minimum Gasteiger partial charge on any atom is -0.496 e. The van der Waals surface area contributed by atoms with E-state index in [0.717, 1.165) is 17.0 Å². The summed E-state index contributed by atoms with van der Waals surface area (Å²) in [5, 5.41) is 3.34. The Balaban J connectivity index is 1.72. The topological polar surface area (TPSA) is 69.2 Å². The molecule has 0 aliphatic rings. The van der Waals surface area contributed by atoms with E-state index >= 15 is 0 Å². The second-order valence-corrected chi connectivity index (χ2v) is 5.30. The van der Waals surface area contributed by atoms with E-state index < -0.39 is 0 Å². The number of methoxy groups -OCH3 is 1. The molecule has 0 fully saturated rings. The first kappa shape index (κ1) is 16.0. The highest BCUT2D eigenvalue weighted by atomic mass is 35.5. The molecule has 0 aliphatic heterocycles. The summed E-state index contributed by atoms with van der Waals surface area (Å²) in [5.41, 5.74) is 1.77. The lowest BCUT2D eigenvalue weighted by molar-refractivity contribution is 0.404. The number of anilines is 2. The molecule has 0 spiro atoms. The van der Waals surface area contributed by atoms with Gasteiger partial charge in [-0.2, -0.15) is 0 Å². The summed E-state index contributed by atoms with van der Waals surface area (Å²) >= 11 is 5.96. The first-order chi connectivity index (χ1) is 11.7. The number of halogens is 1. The van der Waals surface area contributed by atoms with Gasteiger partial charge in [0.15, 0.2) is 11.0 Å². The number of nitrogens with one attached hydrogen (secondary N) is 1. The molecule has 2 heterocycles. The van der Waals surface area contributed by atoms with Crippen molar-refractivity contribution in [3.8, 4) is 17.4 Å². The fourth-order valence-corrected chi connectivity index (χ4v) is 2.19. The molecule has 0 unspecified atom stereocenters. The van der Waals surface area contributed by atoms with Crippen LogP contribution < -0.4 is 14.8 Å². The van der Waals surface area contributed by atoms with E-state index in [2.05, 4.69) is 20.3 Å². The summed E-state index contributed by atoms with van der Waals surface area (Å²) in [4.78, 5) is 12.3. The van der Waals surface area contributed by atoms with Crippen LogP contribution in [0.1, 0.15) is 5.56 Å². The first-order valence-electron chi connectivity index (χ1n) is 7.18. The molecule has 24 heavy (non-hydrogen) atoms. The Morgan fingerprint density at radius 1 is 1.04 bits per heavy atom. The van der Waals surface area contributed by atoms with Gasteiger partial charge in [-0.3, -0.25) is 0 Å². The molecule has 1 N–H and O–H groups in total. The van der Waals surface area contributed by atoms with Gasteiger partial charge in [0, 0.05) is 24.5 Å². The predicted octanol–water partition coefficient (Wildman–Crippen LogP) is 4.38. The standard InChI is InChI=1S/C17H15ClN4O2/c1-11-3-5-13(9-14(11)23-2)24-15-6-4-12(10-21-15)22-17-16(18)19-7-8-20-17/h3-10H,1-2H3,(H,20,22). The molecule has 3 aromatic rings. The molecule has 6 nitrogen and oxygen atoms in total. The smallest absolute Gasteiger partial charge is 0.219 e. The third kappa shape index (κ3) is 3.72. The van der Waals surface area contributed by atoms with Crippen LogP contribution in [0.2, 0.25) is 5.15 Å². The second kappa shape index (κ2) is 7.14. The van der Waals surface area contributed by atoms with E-state index in [9.17, 15) is 0 Å². The third-order valence-electron chi connectivity index (χ3n) is 3.25. The van der Waals surface area contributed by atoms with Crippen molar-refractivity contribution in [2.45, 2.75) is 6.92 Å². The van der Waals surface area contributed by atoms with Gasteiger partial charge in [-0.25, -0.2) is 15.0 Å². The highest BCUT2D eigenvalue weighted by Gasteiger charge is 2.05. The Hall–Kier alpha value is -2.86. The number of nitrogens with zero attached hydrogens (tertiary/aromatic N) is 3. The molecule has 0 radical (unpaired) electrons. The lowest BCUT2D eigenvalue weighted by Crippen LogP contribution is -1.96. The van der Waals surface area contributed by atoms with Gasteiger partial charge in [0.2, 0.25) is 5.88 Å². The van der Waals surface area contributed by atoms with Gasteiger partial charge < -0.3 is 14.8 Å². The molecular weight excluding hydrogens is 328 g/mol. The lowest BCUT2D eigenvalue weighted by atomic mass is 10.2. The highest BCUT2D eigenvalue weighted by molar-refractivity contribution is 6.31. The molecule has 2 aromatic heterocycles. The molecule has 0 saturated carbocycles. The maximum absolute atomic E-state index is 5.96. The van der Waals surface area contributed by atoms with Crippen molar-refractivity contribution in [1.82, 2.24) is 15.0 Å². The van der Waals surface area contributed by atoms with Gasteiger partial charge in [-0.1, -0.05) is 17.7 Å². The van der Waals surface area contributed by atoms with Crippen LogP contribution in [0.3, 0.4) is 0 Å². The van der Waals surface area contributed by atoms with Crippen LogP contribution in [-0.4, -0.2) is 22.1 Å². The largest absolute Gasteiger partial charge is 0.496 e. The Morgan fingerprint density at radius 2 is 1.88 bits per heavy atom. The summed E-state index contributed by atoms with van der Waals surface area (Å²) in [6.45, 7) is 1.97. The minimum atomic E-state index is 0.296. The van der Waals surface area contributed by atoms with Crippen molar-refractivity contribution >= 4 is 23.1 Å². The number of rotatable bonds is 5. The van der Waals surface area contributed by atoms with Gasteiger partial charge in [-0.05, 0) is 24.6 Å². The molecule has 1 aromatic carbocycles. The van der Waals surface area contributed by atoms with Crippen LogP contribution in [0.5, 0.6) is 17.4 Å². The van der Waals surface area contributed by atoms with Crippen molar-refractivity contribution < 1.29 is 9.47 Å². The Bertz CT molecular complexity index is 840. The molecule has 0 amide bonds. The summed E-state index contributed by atoms with van der Waals surface area (Å²) in [7, 11) is 1.63. The minimum absolute atomic E-state index is 0.296. The summed E-state index contributed by atoms with van der Waals surface area (Å²) in [6, 6.07) is 9.19. The maximum Gasteiger partial charge on any atom is 0.219 e. The Labute approximate surface area is 144 Å². The molecule has 0 bridgehead atoms. The normalized spacial score (nSPS) is 10.3. The second-order valence-electron chi connectivity index (χ2n) is 4.94. The zero-order valence-electron chi connectivity index (χ0n) is 13.2. The van der Waals surface area contributed by atoms with Crippen molar-refractivity contribution in [3.05, 3.63) is 59.6 Å². The first-order valence-corrected chi connectivity index (χ1v) is 7.55. The van der Waals surface area contributed by atoms with Crippen molar-refractivity contribution in [2.75, 3.05) is 12.4 Å². The number of hydrogen-bond donors (Lipinski definition) is 1. The van der Waals surface area contributed by atoms with E-state index in [-0.39, 0.29) is 0 Å². The number of aryl methyl sites for hydroxylation is 1. The van der Waals surface area contributed by atoms with Crippen LogP contribution >= 0.6 is 11.6 Å². The summed E-state index contributed by atoms with van der Waals surface area (Å²) < 4.78 is 11.0. The molecular formula is C17H15ClN4O2. The monoisotopic (exact) mass is 342 g/mol. The van der Waals surface area contributed by atoms with Crippen molar-refractivity contribution in [2.24, 2.45) is 0 Å². The molecule has 7 heteroatoms.